The Kier molecular flexibility index (Phi) is 10.2. The minimum Gasteiger partial charge on any atom is -1.00 e. The zero-order valence-corrected chi connectivity index (χ0v) is 22.5. The van der Waals surface area contributed by atoms with Crippen molar-refractivity contribution in [3.05, 3.63) is 119 Å². The van der Waals surface area contributed by atoms with Gasteiger partial charge in [-0.05, 0) is 78.3 Å². The fourth-order valence-corrected chi connectivity index (χ4v) is 4.59. The zero-order chi connectivity index (χ0) is 24.7. The molecule has 0 aromatic heterocycles. The maximum absolute atomic E-state index is 6.44. The first-order valence-electron chi connectivity index (χ1n) is 12.3. The Labute approximate surface area is 236 Å². The number of hydrogen-bond acceptors (Lipinski definition) is 4. The normalized spacial score (nSPS) is 13.4. The summed E-state index contributed by atoms with van der Waals surface area (Å²) in [6.45, 7) is 0. The van der Waals surface area contributed by atoms with Crippen LogP contribution in [-0.4, -0.2) is 11.9 Å². The lowest BCUT2D eigenvalue weighted by Crippen LogP contribution is -3.00. The molecule has 6 nitrogen and oxygen atoms in total. The number of nitrogens with two attached hydrogens (primary N) is 2. The van der Waals surface area contributed by atoms with E-state index in [9.17, 15) is 0 Å². The molecule has 0 amide bonds. The summed E-state index contributed by atoms with van der Waals surface area (Å²) >= 11 is 0. The molecule has 0 saturated carbocycles. The van der Waals surface area contributed by atoms with Gasteiger partial charge in [0.05, 0.1) is 5.69 Å². The zero-order valence-electron chi connectivity index (χ0n) is 21.0. The van der Waals surface area contributed by atoms with Crippen LogP contribution in [0.5, 0.6) is 0 Å². The van der Waals surface area contributed by atoms with Gasteiger partial charge in [-0.25, -0.2) is 20.6 Å². The first kappa shape index (κ1) is 28.6. The minimum atomic E-state index is 0. The van der Waals surface area contributed by atoms with E-state index in [0.717, 1.165) is 48.4 Å². The van der Waals surface area contributed by atoms with Gasteiger partial charge >= 0.3 is 11.9 Å². The van der Waals surface area contributed by atoms with Crippen molar-refractivity contribution in [2.45, 2.75) is 25.7 Å². The number of para-hydroxylation sites is 3. The van der Waals surface area contributed by atoms with Crippen LogP contribution in [-0.2, 0) is 25.7 Å². The van der Waals surface area contributed by atoms with E-state index in [0.29, 0.717) is 11.9 Å². The molecule has 8 N–H and O–H groups in total. The Hall–Kier alpha value is -4.00. The second-order valence-corrected chi connectivity index (χ2v) is 9.00. The summed E-state index contributed by atoms with van der Waals surface area (Å²) in [5.74, 6) is 1.000. The largest absolute Gasteiger partial charge is 1.00 e. The van der Waals surface area contributed by atoms with Crippen LogP contribution in [0.3, 0.4) is 0 Å². The van der Waals surface area contributed by atoms with Crippen LogP contribution in [0.25, 0.3) is 0 Å². The number of halogens is 2. The van der Waals surface area contributed by atoms with Gasteiger partial charge < -0.3 is 24.8 Å². The summed E-state index contributed by atoms with van der Waals surface area (Å²) in [6, 6.07) is 33.2. The highest BCUT2D eigenvalue weighted by atomic mass is 35.5. The van der Waals surface area contributed by atoms with E-state index in [2.05, 4.69) is 93.4 Å². The van der Waals surface area contributed by atoms with E-state index >= 15 is 0 Å². The van der Waals surface area contributed by atoms with E-state index in [1.54, 1.807) is 0 Å². The topological polar surface area (TPSA) is 104 Å². The van der Waals surface area contributed by atoms with Crippen molar-refractivity contribution >= 4 is 34.7 Å². The van der Waals surface area contributed by atoms with Crippen LogP contribution in [0.1, 0.15) is 22.3 Å². The summed E-state index contributed by atoms with van der Waals surface area (Å²) in [6.07, 6.45) is 3.46. The fourth-order valence-electron chi connectivity index (χ4n) is 4.59. The molecule has 4 aromatic carbocycles. The second-order valence-electron chi connectivity index (χ2n) is 9.00. The molecule has 4 aromatic rings. The number of aryl methyl sites for hydroxylation is 4. The number of hydrogen-bond donors (Lipinski definition) is 6. The highest BCUT2D eigenvalue weighted by molar-refractivity contribution is 5.89. The van der Waals surface area contributed by atoms with Gasteiger partial charge in [0.2, 0.25) is 0 Å². The van der Waals surface area contributed by atoms with Crippen LogP contribution in [0, 0.1) is 0 Å². The molecule has 1 heterocycles. The van der Waals surface area contributed by atoms with Crippen molar-refractivity contribution in [1.82, 2.24) is 0 Å². The average molecular weight is 548 g/mol. The highest BCUT2D eigenvalue weighted by Gasteiger charge is 2.12. The van der Waals surface area contributed by atoms with Crippen LogP contribution in [0.4, 0.5) is 22.7 Å². The van der Waals surface area contributed by atoms with Crippen molar-refractivity contribution in [3.63, 3.8) is 0 Å². The predicted octanol–water partition coefficient (Wildman–Crippen LogP) is -4.14. The lowest BCUT2D eigenvalue weighted by molar-refractivity contribution is -0.356. The second kappa shape index (κ2) is 13.5. The standard InChI is InChI=1S/C30H30N6.2ClH/c31-29-33-25-12-7-8-21(20-25)16-17-22-9-1-4-13-26(22)35-30(32)36-28-15-6-3-11-24(28)19-18-23-10-2-5-14-27(23)34-29;;/h1-15,20H,16-19H2,(H3,31,33,34)(H3,32,35,36);2*1H. The molecular formula is C30H32Cl2N6. The summed E-state index contributed by atoms with van der Waals surface area (Å²) in [7, 11) is 0. The molecular weight excluding hydrogens is 515 g/mol. The summed E-state index contributed by atoms with van der Waals surface area (Å²) in [4.78, 5) is 6.75. The van der Waals surface area contributed by atoms with Crippen LogP contribution >= 0.6 is 0 Å². The monoisotopic (exact) mass is 546 g/mol. The van der Waals surface area contributed by atoms with Gasteiger partial charge in [-0.1, -0.05) is 66.7 Å². The van der Waals surface area contributed by atoms with Gasteiger partial charge in [0.15, 0.2) is 0 Å². The molecule has 1 aliphatic rings. The average Bonchev–Trinajstić information content (AvgIpc) is 2.88. The minimum absolute atomic E-state index is 0. The first-order chi connectivity index (χ1) is 17.6. The van der Waals surface area contributed by atoms with Gasteiger partial charge in [0, 0.05) is 0 Å². The van der Waals surface area contributed by atoms with Crippen molar-refractivity contribution in [3.8, 4) is 0 Å². The summed E-state index contributed by atoms with van der Waals surface area (Å²) in [5.41, 5.74) is 21.6. The molecule has 5 rings (SSSR count). The van der Waals surface area contributed by atoms with E-state index in [4.69, 9.17) is 11.5 Å². The van der Waals surface area contributed by atoms with Gasteiger partial charge in [0.25, 0.3) is 0 Å². The molecule has 2 bridgehead atoms. The number of fused-ring (bicyclic) bond motifs is 5. The van der Waals surface area contributed by atoms with Crippen LogP contribution in [0.2, 0.25) is 0 Å². The highest BCUT2D eigenvalue weighted by Crippen LogP contribution is 2.20. The number of nitrogens with one attached hydrogen (secondary N) is 4. The molecule has 0 unspecified atom stereocenters. The lowest BCUT2D eigenvalue weighted by Gasteiger charge is -2.09. The summed E-state index contributed by atoms with van der Waals surface area (Å²) in [5, 5.41) is 6.70. The van der Waals surface area contributed by atoms with E-state index in [1.807, 2.05) is 24.3 Å². The Balaban J connectivity index is 0.00000200. The fraction of sp³-hybridized carbons (Fsp3) is 0.133. The quantitative estimate of drug-likeness (QED) is 0.135. The lowest BCUT2D eigenvalue weighted by atomic mass is 10.0. The molecule has 0 atom stereocenters. The number of benzene rings is 4. The molecule has 0 radical (unpaired) electrons. The predicted molar refractivity (Wildman–Crippen MR) is 147 cm³/mol. The Bertz CT molecular complexity index is 1430. The third kappa shape index (κ3) is 7.28. The SMILES string of the molecule is NC1=[NH+]c2ccccc2CCc2ccccc2[NH+]=C(N)Nc2ccccc2CCc2cccc(c2)N1.[Cl-].[Cl-]. The molecule has 1 aliphatic heterocycles. The van der Waals surface area contributed by atoms with Crippen LogP contribution in [0.15, 0.2) is 97.1 Å². The third-order valence-corrected chi connectivity index (χ3v) is 6.41. The molecule has 8 heteroatoms. The van der Waals surface area contributed by atoms with Gasteiger partial charge in [-0.15, -0.1) is 0 Å². The molecule has 0 fully saturated rings. The molecule has 196 valence electrons. The smallest absolute Gasteiger partial charge is 0.351 e. The van der Waals surface area contributed by atoms with Crippen molar-refractivity contribution in [2.24, 2.45) is 11.5 Å². The maximum atomic E-state index is 6.44. The van der Waals surface area contributed by atoms with Gasteiger partial charge in [-0.2, -0.15) is 0 Å². The van der Waals surface area contributed by atoms with E-state index in [1.165, 1.54) is 22.3 Å². The number of anilines is 2. The first-order valence-corrected chi connectivity index (χ1v) is 12.3. The van der Waals surface area contributed by atoms with Gasteiger partial charge in [-0.3, -0.25) is 11.5 Å². The molecule has 0 saturated heterocycles. The van der Waals surface area contributed by atoms with E-state index < -0.39 is 0 Å². The molecule has 0 spiro atoms. The van der Waals surface area contributed by atoms with E-state index in [-0.39, 0.29) is 24.8 Å². The van der Waals surface area contributed by atoms with Crippen molar-refractivity contribution < 1.29 is 34.8 Å². The maximum Gasteiger partial charge on any atom is 0.351 e. The van der Waals surface area contributed by atoms with Crippen molar-refractivity contribution in [1.29, 1.82) is 0 Å². The molecule has 38 heavy (non-hydrogen) atoms. The Morgan fingerprint density at radius 3 is 1.71 bits per heavy atom. The molecule has 0 aliphatic carbocycles. The Morgan fingerprint density at radius 2 is 1.05 bits per heavy atom. The Morgan fingerprint density at radius 1 is 0.526 bits per heavy atom. The number of rotatable bonds is 0. The summed E-state index contributed by atoms with van der Waals surface area (Å²) < 4.78 is 0. The van der Waals surface area contributed by atoms with Crippen LogP contribution < -0.4 is 56.9 Å². The van der Waals surface area contributed by atoms with Gasteiger partial charge in [0.1, 0.15) is 17.1 Å². The third-order valence-electron chi connectivity index (χ3n) is 6.41. The number of guanidine groups is 2. The van der Waals surface area contributed by atoms with Crippen molar-refractivity contribution in [2.75, 3.05) is 10.6 Å².